The molecule has 0 amide bonds. The smallest absolute Gasteiger partial charge is 0.120 e. The Balaban J connectivity index is 1.49. The van der Waals surface area contributed by atoms with Gasteiger partial charge < -0.3 is 14.4 Å². The van der Waals surface area contributed by atoms with Gasteiger partial charge in [-0.3, -0.25) is 0 Å². The van der Waals surface area contributed by atoms with Crippen LogP contribution in [0.5, 0.6) is 5.75 Å². The molecule has 3 nitrogen and oxygen atoms in total. The number of nitrogens with zero attached hydrogens (tertiary/aromatic N) is 1. The van der Waals surface area contributed by atoms with Crippen molar-refractivity contribution in [2.24, 2.45) is 5.92 Å². The number of hydrogen-bond acceptors (Lipinski definition) is 3. The lowest BCUT2D eigenvalue weighted by atomic mass is 9.99. The molecule has 0 spiro atoms. The van der Waals surface area contributed by atoms with Crippen molar-refractivity contribution in [2.75, 3.05) is 39.5 Å². The molecular formula is C16H24BrNO2. The molecule has 0 aromatic heterocycles. The van der Waals surface area contributed by atoms with Crippen molar-refractivity contribution >= 4 is 15.9 Å². The standard InChI is InChI=1S/C16H24BrNO2/c1-14-5-7-18(8-6-14)9-10-19-11-12-20-16-4-2-3-15(17)13-16/h2-4,13-14H,5-12H2,1H3. The fraction of sp³-hybridized carbons (Fsp3) is 0.625. The van der Waals surface area contributed by atoms with Crippen LogP contribution in [-0.2, 0) is 4.74 Å². The lowest BCUT2D eigenvalue weighted by Crippen LogP contribution is -2.35. The number of hydrogen-bond donors (Lipinski definition) is 0. The number of benzene rings is 1. The Bertz CT molecular complexity index is 392. The molecule has 4 heteroatoms. The maximum absolute atomic E-state index is 5.64. The van der Waals surface area contributed by atoms with Crippen molar-refractivity contribution in [1.29, 1.82) is 0 Å². The second kappa shape index (κ2) is 8.65. The van der Waals surface area contributed by atoms with Crippen molar-refractivity contribution < 1.29 is 9.47 Å². The SMILES string of the molecule is CC1CCN(CCOCCOc2cccc(Br)c2)CC1. The largest absolute Gasteiger partial charge is 0.491 e. The molecule has 112 valence electrons. The monoisotopic (exact) mass is 341 g/mol. The zero-order valence-electron chi connectivity index (χ0n) is 12.2. The van der Waals surface area contributed by atoms with Crippen LogP contribution in [0.1, 0.15) is 19.8 Å². The van der Waals surface area contributed by atoms with Crippen molar-refractivity contribution in [3.63, 3.8) is 0 Å². The van der Waals surface area contributed by atoms with Crippen LogP contribution in [0.2, 0.25) is 0 Å². The van der Waals surface area contributed by atoms with E-state index in [0.717, 1.165) is 29.3 Å². The van der Waals surface area contributed by atoms with Gasteiger partial charge in [0.1, 0.15) is 12.4 Å². The van der Waals surface area contributed by atoms with Gasteiger partial charge in [-0.2, -0.15) is 0 Å². The van der Waals surface area contributed by atoms with E-state index in [1.807, 2.05) is 24.3 Å². The van der Waals surface area contributed by atoms with E-state index in [1.54, 1.807) is 0 Å². The van der Waals surface area contributed by atoms with Crippen molar-refractivity contribution in [3.05, 3.63) is 28.7 Å². The first kappa shape index (κ1) is 15.8. The number of piperidine rings is 1. The van der Waals surface area contributed by atoms with Gasteiger partial charge in [0.15, 0.2) is 0 Å². The number of likely N-dealkylation sites (tertiary alicyclic amines) is 1. The molecule has 1 aromatic rings. The third-order valence-electron chi connectivity index (χ3n) is 3.72. The number of ether oxygens (including phenoxy) is 2. The van der Waals surface area contributed by atoms with Crippen LogP contribution in [-0.4, -0.2) is 44.4 Å². The Morgan fingerprint density at radius 3 is 2.75 bits per heavy atom. The zero-order chi connectivity index (χ0) is 14.2. The lowest BCUT2D eigenvalue weighted by molar-refractivity contribution is 0.0708. The van der Waals surface area contributed by atoms with Gasteiger partial charge in [0, 0.05) is 11.0 Å². The minimum atomic E-state index is 0.605. The van der Waals surface area contributed by atoms with Gasteiger partial charge in [0.25, 0.3) is 0 Å². The predicted octanol–water partition coefficient (Wildman–Crippen LogP) is 3.58. The minimum absolute atomic E-state index is 0.605. The molecule has 0 N–H and O–H groups in total. The Kier molecular flexibility index (Phi) is 6.83. The van der Waals surface area contributed by atoms with Gasteiger partial charge in [-0.05, 0) is 50.0 Å². The van der Waals surface area contributed by atoms with Crippen LogP contribution < -0.4 is 4.74 Å². The van der Waals surface area contributed by atoms with Crippen molar-refractivity contribution in [2.45, 2.75) is 19.8 Å². The summed E-state index contributed by atoms with van der Waals surface area (Å²) in [6.07, 6.45) is 2.65. The molecule has 1 aliphatic heterocycles. The van der Waals surface area contributed by atoms with E-state index < -0.39 is 0 Å². The topological polar surface area (TPSA) is 21.7 Å². The first-order valence-corrected chi connectivity index (χ1v) is 8.22. The highest BCUT2D eigenvalue weighted by atomic mass is 79.9. The Hall–Kier alpha value is -0.580. The molecule has 0 saturated carbocycles. The summed E-state index contributed by atoms with van der Waals surface area (Å²) in [7, 11) is 0. The molecule has 0 bridgehead atoms. The van der Waals surface area contributed by atoms with Gasteiger partial charge in [0.2, 0.25) is 0 Å². The fourth-order valence-corrected chi connectivity index (χ4v) is 2.73. The summed E-state index contributed by atoms with van der Waals surface area (Å²) < 4.78 is 12.3. The highest BCUT2D eigenvalue weighted by Crippen LogP contribution is 2.17. The second-order valence-electron chi connectivity index (χ2n) is 5.44. The first-order chi connectivity index (χ1) is 9.74. The Morgan fingerprint density at radius 2 is 2.00 bits per heavy atom. The number of rotatable bonds is 7. The van der Waals surface area contributed by atoms with E-state index in [9.17, 15) is 0 Å². The molecule has 2 rings (SSSR count). The Labute approximate surface area is 130 Å². The second-order valence-corrected chi connectivity index (χ2v) is 6.36. The van der Waals surface area contributed by atoms with Crippen LogP contribution >= 0.6 is 15.9 Å². The minimum Gasteiger partial charge on any atom is -0.491 e. The number of halogens is 1. The molecule has 0 aliphatic carbocycles. The summed E-state index contributed by atoms with van der Waals surface area (Å²) in [5.74, 6) is 1.78. The average molecular weight is 342 g/mol. The Morgan fingerprint density at radius 1 is 1.20 bits per heavy atom. The summed E-state index contributed by atoms with van der Waals surface area (Å²) in [5, 5.41) is 0. The molecule has 1 heterocycles. The molecule has 20 heavy (non-hydrogen) atoms. The molecule has 1 aliphatic rings. The van der Waals surface area contributed by atoms with Gasteiger partial charge in [-0.25, -0.2) is 0 Å². The first-order valence-electron chi connectivity index (χ1n) is 7.42. The molecule has 1 aromatic carbocycles. The van der Waals surface area contributed by atoms with Crippen molar-refractivity contribution in [3.8, 4) is 5.75 Å². The summed E-state index contributed by atoms with van der Waals surface area (Å²) in [4.78, 5) is 2.50. The fourth-order valence-electron chi connectivity index (χ4n) is 2.36. The van der Waals surface area contributed by atoms with Crippen LogP contribution in [0.4, 0.5) is 0 Å². The molecule has 1 saturated heterocycles. The zero-order valence-corrected chi connectivity index (χ0v) is 13.8. The van der Waals surface area contributed by atoms with Gasteiger partial charge in [-0.1, -0.05) is 28.9 Å². The summed E-state index contributed by atoms with van der Waals surface area (Å²) in [5.41, 5.74) is 0. The van der Waals surface area contributed by atoms with Crippen LogP contribution in [0.3, 0.4) is 0 Å². The van der Waals surface area contributed by atoms with Gasteiger partial charge >= 0.3 is 0 Å². The molecule has 0 unspecified atom stereocenters. The third-order valence-corrected chi connectivity index (χ3v) is 4.21. The third kappa shape index (κ3) is 5.81. The quantitative estimate of drug-likeness (QED) is 0.707. The van der Waals surface area contributed by atoms with Gasteiger partial charge in [0.05, 0.1) is 13.2 Å². The van der Waals surface area contributed by atoms with E-state index in [2.05, 4.69) is 27.8 Å². The van der Waals surface area contributed by atoms with Crippen molar-refractivity contribution in [1.82, 2.24) is 4.90 Å². The lowest BCUT2D eigenvalue weighted by Gasteiger charge is -2.29. The molecule has 1 fully saturated rings. The van der Waals surface area contributed by atoms with Crippen LogP contribution in [0.25, 0.3) is 0 Å². The highest BCUT2D eigenvalue weighted by Gasteiger charge is 2.14. The molecule has 0 radical (unpaired) electrons. The maximum atomic E-state index is 5.64. The summed E-state index contributed by atoms with van der Waals surface area (Å²) in [6.45, 7) is 7.88. The van der Waals surface area contributed by atoms with E-state index in [0.29, 0.717) is 13.2 Å². The summed E-state index contributed by atoms with van der Waals surface area (Å²) in [6, 6.07) is 7.88. The average Bonchev–Trinajstić information content (AvgIpc) is 2.45. The van der Waals surface area contributed by atoms with E-state index in [-0.39, 0.29) is 0 Å². The van der Waals surface area contributed by atoms with Crippen LogP contribution in [0.15, 0.2) is 28.7 Å². The van der Waals surface area contributed by atoms with Crippen LogP contribution in [0, 0.1) is 5.92 Å². The maximum Gasteiger partial charge on any atom is 0.120 e. The molecule has 0 atom stereocenters. The summed E-state index contributed by atoms with van der Waals surface area (Å²) >= 11 is 3.43. The van der Waals surface area contributed by atoms with E-state index >= 15 is 0 Å². The highest BCUT2D eigenvalue weighted by molar-refractivity contribution is 9.10. The molecular weight excluding hydrogens is 318 g/mol. The normalized spacial score (nSPS) is 17.3. The van der Waals surface area contributed by atoms with E-state index in [1.165, 1.54) is 25.9 Å². The van der Waals surface area contributed by atoms with E-state index in [4.69, 9.17) is 9.47 Å². The predicted molar refractivity (Wildman–Crippen MR) is 85.3 cm³/mol. The van der Waals surface area contributed by atoms with Gasteiger partial charge in [-0.15, -0.1) is 0 Å².